The zero-order chi connectivity index (χ0) is 21.1. The van der Waals surface area contributed by atoms with Crippen molar-refractivity contribution < 1.29 is 17.9 Å². The molecule has 4 rings (SSSR count). The Bertz CT molecular complexity index is 986. The van der Waals surface area contributed by atoms with Gasteiger partial charge in [0.15, 0.2) is 0 Å². The number of anilines is 1. The number of hydrogen-bond donors (Lipinski definition) is 1. The summed E-state index contributed by atoms with van der Waals surface area (Å²) in [5, 5.41) is 0. The van der Waals surface area contributed by atoms with E-state index in [1.807, 2.05) is 18.2 Å². The summed E-state index contributed by atoms with van der Waals surface area (Å²) in [5.41, 5.74) is 3.52. The molecule has 0 bridgehead atoms. The average Bonchev–Trinajstić information content (AvgIpc) is 2.95. The van der Waals surface area contributed by atoms with Gasteiger partial charge in [-0.25, -0.2) is 13.4 Å². The maximum atomic E-state index is 13.0. The standard InChI is InChI=1S/C22H29N3O4S/c1-25-11-9-17-14-21(22(28-2)23-20(17)10-12-25)24-30(26,27)19-7-5-16(6-8-19)18-4-3-13-29-15-18/h5-8,14,18,24H,3-4,9-13,15H2,1-2H3/t18-/m0/s1. The Morgan fingerprint density at radius 3 is 2.67 bits per heavy atom. The highest BCUT2D eigenvalue weighted by atomic mass is 32.2. The zero-order valence-corrected chi connectivity index (χ0v) is 18.4. The lowest BCUT2D eigenvalue weighted by atomic mass is 9.94. The van der Waals surface area contributed by atoms with Crippen LogP contribution in [0.5, 0.6) is 5.88 Å². The summed E-state index contributed by atoms with van der Waals surface area (Å²) in [6.07, 6.45) is 3.75. The summed E-state index contributed by atoms with van der Waals surface area (Å²) >= 11 is 0. The van der Waals surface area contributed by atoms with Gasteiger partial charge in [-0.3, -0.25) is 4.72 Å². The summed E-state index contributed by atoms with van der Waals surface area (Å²) in [6.45, 7) is 3.34. The van der Waals surface area contributed by atoms with Crippen molar-refractivity contribution in [1.82, 2.24) is 9.88 Å². The smallest absolute Gasteiger partial charge is 0.262 e. The van der Waals surface area contributed by atoms with Crippen LogP contribution in [-0.2, 0) is 27.6 Å². The predicted octanol–water partition coefficient (Wildman–Crippen LogP) is 2.82. The zero-order valence-electron chi connectivity index (χ0n) is 17.6. The average molecular weight is 432 g/mol. The number of rotatable bonds is 5. The second-order valence-electron chi connectivity index (χ2n) is 8.04. The summed E-state index contributed by atoms with van der Waals surface area (Å²) in [5.74, 6) is 0.633. The van der Waals surface area contributed by atoms with E-state index in [0.29, 0.717) is 24.1 Å². The Morgan fingerprint density at radius 1 is 1.20 bits per heavy atom. The quantitative estimate of drug-likeness (QED) is 0.784. The van der Waals surface area contributed by atoms with Crippen LogP contribution in [0.25, 0.3) is 0 Å². The number of fused-ring (bicyclic) bond motifs is 1. The molecule has 162 valence electrons. The minimum Gasteiger partial charge on any atom is -0.479 e. The second-order valence-corrected chi connectivity index (χ2v) is 9.73. The number of benzene rings is 1. The lowest BCUT2D eigenvalue weighted by Crippen LogP contribution is -2.20. The van der Waals surface area contributed by atoms with Crippen LogP contribution in [0.1, 0.15) is 35.6 Å². The van der Waals surface area contributed by atoms with Gasteiger partial charge in [0.25, 0.3) is 10.0 Å². The molecule has 1 aromatic carbocycles. The van der Waals surface area contributed by atoms with E-state index in [0.717, 1.165) is 62.2 Å². The third kappa shape index (κ3) is 4.61. The monoisotopic (exact) mass is 431 g/mol. The highest BCUT2D eigenvalue weighted by Gasteiger charge is 2.22. The van der Waals surface area contributed by atoms with E-state index >= 15 is 0 Å². The van der Waals surface area contributed by atoms with Crippen LogP contribution in [-0.4, -0.2) is 58.8 Å². The van der Waals surface area contributed by atoms with Crippen molar-refractivity contribution in [2.24, 2.45) is 0 Å². The van der Waals surface area contributed by atoms with Crippen LogP contribution in [0.2, 0.25) is 0 Å². The predicted molar refractivity (Wildman–Crippen MR) is 116 cm³/mol. The molecule has 0 spiro atoms. The second kappa shape index (κ2) is 8.91. The van der Waals surface area contributed by atoms with Gasteiger partial charge < -0.3 is 14.4 Å². The summed E-state index contributed by atoms with van der Waals surface area (Å²) in [4.78, 5) is 7.06. The van der Waals surface area contributed by atoms with Crippen molar-refractivity contribution in [1.29, 1.82) is 0 Å². The van der Waals surface area contributed by atoms with Crippen molar-refractivity contribution in [2.45, 2.75) is 36.5 Å². The topological polar surface area (TPSA) is 80.8 Å². The number of methoxy groups -OCH3 is 1. The van der Waals surface area contributed by atoms with Crippen LogP contribution in [0.3, 0.4) is 0 Å². The summed E-state index contributed by atoms with van der Waals surface area (Å²) in [7, 11) is -0.162. The van der Waals surface area contributed by atoms with Crippen LogP contribution in [0.15, 0.2) is 35.2 Å². The van der Waals surface area contributed by atoms with Gasteiger partial charge in [0, 0.05) is 37.7 Å². The van der Waals surface area contributed by atoms with Crippen LogP contribution >= 0.6 is 0 Å². The van der Waals surface area contributed by atoms with Crippen molar-refractivity contribution in [2.75, 3.05) is 45.2 Å². The van der Waals surface area contributed by atoms with Gasteiger partial charge in [-0.1, -0.05) is 12.1 Å². The number of nitrogens with one attached hydrogen (secondary N) is 1. The third-order valence-corrected chi connectivity index (χ3v) is 7.29. The number of nitrogens with zero attached hydrogens (tertiary/aromatic N) is 2. The molecule has 0 amide bonds. The van der Waals surface area contributed by atoms with Gasteiger partial charge in [0.05, 0.1) is 18.6 Å². The minimum atomic E-state index is -3.75. The van der Waals surface area contributed by atoms with Gasteiger partial charge in [0.1, 0.15) is 5.69 Å². The molecular weight excluding hydrogens is 402 g/mol. The molecule has 1 N–H and O–H groups in total. The van der Waals surface area contributed by atoms with Gasteiger partial charge in [-0.05, 0) is 55.6 Å². The van der Waals surface area contributed by atoms with E-state index < -0.39 is 10.0 Å². The Kier molecular flexibility index (Phi) is 6.26. The number of sulfonamides is 1. The van der Waals surface area contributed by atoms with E-state index in [2.05, 4.69) is 21.7 Å². The molecular formula is C22H29N3O4S. The molecule has 3 heterocycles. The minimum absolute atomic E-state index is 0.222. The van der Waals surface area contributed by atoms with Gasteiger partial charge in [-0.2, -0.15) is 0 Å². The van der Waals surface area contributed by atoms with Crippen LogP contribution in [0, 0.1) is 0 Å². The number of ether oxygens (including phenoxy) is 2. The first kappa shape index (κ1) is 21.1. The van der Waals surface area contributed by atoms with E-state index in [1.165, 1.54) is 7.11 Å². The lowest BCUT2D eigenvalue weighted by Gasteiger charge is -2.22. The Labute approximate surface area is 178 Å². The molecule has 1 atom stereocenters. The fraction of sp³-hybridized carbons (Fsp3) is 0.500. The van der Waals surface area contributed by atoms with Crippen molar-refractivity contribution in [3.05, 3.63) is 47.2 Å². The SMILES string of the molecule is COc1nc2c(cc1NS(=O)(=O)c1ccc([C@H]3CCCOC3)cc1)CCN(C)CC2. The van der Waals surface area contributed by atoms with Crippen molar-refractivity contribution in [3.63, 3.8) is 0 Å². The van der Waals surface area contributed by atoms with E-state index in [4.69, 9.17) is 9.47 Å². The number of hydrogen-bond acceptors (Lipinski definition) is 6. The molecule has 30 heavy (non-hydrogen) atoms. The molecule has 0 radical (unpaired) electrons. The third-order valence-electron chi connectivity index (χ3n) is 5.91. The fourth-order valence-corrected chi connectivity index (χ4v) is 5.13. The molecule has 8 heteroatoms. The maximum absolute atomic E-state index is 13.0. The lowest BCUT2D eigenvalue weighted by molar-refractivity contribution is 0.0804. The first-order valence-corrected chi connectivity index (χ1v) is 11.9. The number of likely N-dealkylation sites (N-methyl/N-ethyl adjacent to an activating group) is 1. The molecule has 0 unspecified atom stereocenters. The van der Waals surface area contributed by atoms with E-state index in [1.54, 1.807) is 12.1 Å². The highest BCUT2D eigenvalue weighted by molar-refractivity contribution is 7.92. The fourth-order valence-electron chi connectivity index (χ4n) is 4.08. The van der Waals surface area contributed by atoms with Crippen molar-refractivity contribution >= 4 is 15.7 Å². The molecule has 0 saturated carbocycles. The molecule has 1 saturated heterocycles. The molecule has 1 aromatic heterocycles. The van der Waals surface area contributed by atoms with E-state index in [-0.39, 0.29) is 4.90 Å². The first-order valence-electron chi connectivity index (χ1n) is 10.4. The van der Waals surface area contributed by atoms with Crippen molar-refractivity contribution in [3.8, 4) is 5.88 Å². The molecule has 7 nitrogen and oxygen atoms in total. The van der Waals surface area contributed by atoms with Gasteiger partial charge in [-0.15, -0.1) is 0 Å². The van der Waals surface area contributed by atoms with Crippen LogP contribution in [0.4, 0.5) is 5.69 Å². The normalized spacial score (nSPS) is 20.3. The largest absolute Gasteiger partial charge is 0.479 e. The number of pyridine rings is 1. The molecule has 2 aliphatic heterocycles. The Morgan fingerprint density at radius 2 is 1.97 bits per heavy atom. The molecule has 1 fully saturated rings. The summed E-state index contributed by atoms with van der Waals surface area (Å²) < 4.78 is 39.7. The highest BCUT2D eigenvalue weighted by Crippen LogP contribution is 2.30. The number of aromatic nitrogens is 1. The van der Waals surface area contributed by atoms with Gasteiger partial charge >= 0.3 is 0 Å². The first-order chi connectivity index (χ1) is 14.5. The Hall–Kier alpha value is -2.16. The van der Waals surface area contributed by atoms with Crippen LogP contribution < -0.4 is 9.46 Å². The molecule has 2 aliphatic rings. The molecule has 2 aromatic rings. The van der Waals surface area contributed by atoms with E-state index in [9.17, 15) is 8.42 Å². The molecule has 0 aliphatic carbocycles. The maximum Gasteiger partial charge on any atom is 0.262 e. The Balaban J connectivity index is 1.57. The summed E-state index contributed by atoms with van der Waals surface area (Å²) in [6, 6.07) is 8.95. The van der Waals surface area contributed by atoms with Gasteiger partial charge in [0.2, 0.25) is 5.88 Å².